The molecule has 0 amide bonds. The van der Waals surface area contributed by atoms with Crippen molar-refractivity contribution in [2.75, 3.05) is 0 Å². The first kappa shape index (κ1) is 13.2. The third-order valence-electron chi connectivity index (χ3n) is 3.55. The molecular weight excluding hydrogens is 222 g/mol. The molecule has 1 aliphatic rings. The molecule has 1 saturated carbocycles. The van der Waals surface area contributed by atoms with Crippen LogP contribution in [0.25, 0.3) is 0 Å². The fourth-order valence-electron chi connectivity index (χ4n) is 2.35. The molecule has 88 valence electrons. The Hall–Kier alpha value is -0.860. The van der Waals surface area contributed by atoms with Crippen LogP contribution in [0.4, 0.5) is 0 Å². The van der Waals surface area contributed by atoms with Gasteiger partial charge in [-0.1, -0.05) is 37.3 Å². The third kappa shape index (κ3) is 2.28. The average Bonchev–Trinajstić information content (AvgIpc) is 2.48. The highest BCUT2D eigenvalue weighted by atomic mass is 35.5. The Morgan fingerprint density at radius 1 is 1.38 bits per heavy atom. The van der Waals surface area contributed by atoms with Gasteiger partial charge in [0, 0.05) is 17.9 Å². The van der Waals surface area contributed by atoms with E-state index < -0.39 is 0 Å². The standard InChI is InChI=1S/C13H17NO.ClH/c1-13(11(14)7-8-12(13)15)9-10-5-3-2-4-6-10;/h2-6,11H,7-9,14H2,1H3;1H/t11-,13-;/m1./s1. The minimum atomic E-state index is -0.346. The van der Waals surface area contributed by atoms with Gasteiger partial charge < -0.3 is 5.73 Å². The highest BCUT2D eigenvalue weighted by molar-refractivity contribution is 5.87. The fraction of sp³-hybridized carbons (Fsp3) is 0.462. The monoisotopic (exact) mass is 239 g/mol. The van der Waals surface area contributed by atoms with Gasteiger partial charge in [0.05, 0.1) is 0 Å². The second-order valence-electron chi connectivity index (χ2n) is 4.65. The normalized spacial score (nSPS) is 28.9. The molecule has 0 aromatic heterocycles. The van der Waals surface area contributed by atoms with Crippen molar-refractivity contribution in [3.05, 3.63) is 35.9 Å². The highest BCUT2D eigenvalue weighted by Gasteiger charge is 2.43. The molecule has 0 aliphatic heterocycles. The zero-order valence-electron chi connectivity index (χ0n) is 9.48. The van der Waals surface area contributed by atoms with Gasteiger partial charge in [0.1, 0.15) is 5.78 Å². The van der Waals surface area contributed by atoms with E-state index in [4.69, 9.17) is 5.73 Å². The molecule has 1 aromatic carbocycles. The Bertz CT molecular complexity index is 365. The second kappa shape index (κ2) is 4.98. The van der Waals surface area contributed by atoms with Crippen LogP contribution in [-0.2, 0) is 11.2 Å². The van der Waals surface area contributed by atoms with Crippen LogP contribution in [0.5, 0.6) is 0 Å². The summed E-state index contributed by atoms with van der Waals surface area (Å²) in [5.74, 6) is 0.318. The maximum Gasteiger partial charge on any atom is 0.140 e. The van der Waals surface area contributed by atoms with Gasteiger partial charge in [0.15, 0.2) is 0 Å². The second-order valence-corrected chi connectivity index (χ2v) is 4.65. The van der Waals surface area contributed by atoms with Crippen LogP contribution in [0.2, 0.25) is 0 Å². The molecule has 2 rings (SSSR count). The Kier molecular flexibility index (Phi) is 4.11. The topological polar surface area (TPSA) is 43.1 Å². The van der Waals surface area contributed by atoms with E-state index in [2.05, 4.69) is 12.1 Å². The SMILES string of the molecule is C[C@]1(Cc2ccccc2)C(=O)CC[C@H]1N.Cl. The van der Waals surface area contributed by atoms with Gasteiger partial charge in [-0.05, 0) is 18.4 Å². The summed E-state index contributed by atoms with van der Waals surface area (Å²) in [5, 5.41) is 0. The van der Waals surface area contributed by atoms with E-state index in [1.54, 1.807) is 0 Å². The van der Waals surface area contributed by atoms with Gasteiger partial charge in [0.2, 0.25) is 0 Å². The van der Waals surface area contributed by atoms with E-state index in [1.165, 1.54) is 5.56 Å². The highest BCUT2D eigenvalue weighted by Crippen LogP contribution is 2.36. The Labute approximate surface area is 103 Å². The summed E-state index contributed by atoms with van der Waals surface area (Å²) in [6.45, 7) is 2.00. The molecule has 0 heterocycles. The molecule has 2 N–H and O–H groups in total. The minimum Gasteiger partial charge on any atom is -0.327 e. The van der Waals surface area contributed by atoms with Crippen LogP contribution >= 0.6 is 12.4 Å². The van der Waals surface area contributed by atoms with Gasteiger partial charge in [-0.2, -0.15) is 0 Å². The van der Waals surface area contributed by atoms with Crippen LogP contribution in [0.15, 0.2) is 30.3 Å². The lowest BCUT2D eigenvalue weighted by atomic mass is 9.78. The summed E-state index contributed by atoms with van der Waals surface area (Å²) in [6.07, 6.45) is 2.25. The molecule has 1 aliphatic carbocycles. The number of rotatable bonds is 2. The van der Waals surface area contributed by atoms with Crippen LogP contribution in [0.1, 0.15) is 25.3 Å². The van der Waals surface area contributed by atoms with E-state index in [-0.39, 0.29) is 23.9 Å². The first-order chi connectivity index (χ1) is 7.13. The number of Topliss-reactive ketones (excluding diaryl/α,β-unsaturated/α-hetero) is 1. The summed E-state index contributed by atoms with van der Waals surface area (Å²) in [4.78, 5) is 11.8. The molecule has 2 atom stereocenters. The smallest absolute Gasteiger partial charge is 0.140 e. The molecule has 0 saturated heterocycles. The maximum absolute atomic E-state index is 11.8. The van der Waals surface area contributed by atoms with Crippen molar-refractivity contribution >= 4 is 18.2 Å². The van der Waals surface area contributed by atoms with Gasteiger partial charge in [-0.25, -0.2) is 0 Å². The van der Waals surface area contributed by atoms with Crippen LogP contribution in [-0.4, -0.2) is 11.8 Å². The molecule has 0 spiro atoms. The van der Waals surface area contributed by atoms with Gasteiger partial charge in [-0.3, -0.25) is 4.79 Å². The third-order valence-corrected chi connectivity index (χ3v) is 3.55. The lowest BCUT2D eigenvalue weighted by Gasteiger charge is -2.27. The van der Waals surface area contributed by atoms with Crippen molar-refractivity contribution in [3.63, 3.8) is 0 Å². The lowest BCUT2D eigenvalue weighted by Crippen LogP contribution is -2.40. The number of carbonyl (C=O) groups excluding carboxylic acids is 1. The maximum atomic E-state index is 11.8. The van der Waals surface area contributed by atoms with Crippen LogP contribution in [0.3, 0.4) is 0 Å². The number of carbonyl (C=O) groups is 1. The van der Waals surface area contributed by atoms with E-state index in [0.29, 0.717) is 12.2 Å². The number of benzene rings is 1. The number of nitrogens with two attached hydrogens (primary N) is 1. The van der Waals surface area contributed by atoms with E-state index in [1.807, 2.05) is 25.1 Å². The van der Waals surface area contributed by atoms with Crippen molar-refractivity contribution < 1.29 is 4.79 Å². The Morgan fingerprint density at radius 3 is 2.50 bits per heavy atom. The first-order valence-electron chi connectivity index (χ1n) is 5.46. The van der Waals surface area contributed by atoms with Crippen LogP contribution < -0.4 is 5.73 Å². The van der Waals surface area contributed by atoms with Crippen LogP contribution in [0, 0.1) is 5.41 Å². The number of halogens is 1. The predicted molar refractivity (Wildman–Crippen MR) is 67.7 cm³/mol. The lowest BCUT2D eigenvalue weighted by molar-refractivity contribution is -0.125. The average molecular weight is 240 g/mol. The van der Waals surface area contributed by atoms with E-state index in [9.17, 15) is 4.79 Å². The summed E-state index contributed by atoms with van der Waals surface area (Å²) in [5.41, 5.74) is 6.88. The molecule has 2 nitrogen and oxygen atoms in total. The van der Waals surface area contributed by atoms with Gasteiger partial charge in [0.25, 0.3) is 0 Å². The molecule has 1 fully saturated rings. The summed E-state index contributed by atoms with van der Waals surface area (Å²) < 4.78 is 0. The van der Waals surface area contributed by atoms with Crippen molar-refractivity contribution in [2.45, 2.75) is 32.2 Å². The molecule has 3 heteroatoms. The first-order valence-corrected chi connectivity index (χ1v) is 5.46. The largest absolute Gasteiger partial charge is 0.327 e. The van der Waals surface area contributed by atoms with E-state index in [0.717, 1.165) is 12.8 Å². The molecule has 0 bridgehead atoms. The quantitative estimate of drug-likeness (QED) is 0.861. The van der Waals surface area contributed by atoms with Crippen molar-refractivity contribution in [1.29, 1.82) is 0 Å². The molecule has 0 radical (unpaired) electrons. The minimum absolute atomic E-state index is 0. The predicted octanol–water partition coefficient (Wildman–Crippen LogP) is 2.35. The van der Waals surface area contributed by atoms with E-state index >= 15 is 0 Å². The number of hydrogen-bond acceptors (Lipinski definition) is 2. The Morgan fingerprint density at radius 2 is 2.00 bits per heavy atom. The fourth-order valence-corrected chi connectivity index (χ4v) is 2.35. The zero-order chi connectivity index (χ0) is 10.9. The number of hydrogen-bond donors (Lipinski definition) is 1. The van der Waals surface area contributed by atoms with Gasteiger partial charge in [-0.15, -0.1) is 12.4 Å². The Balaban J connectivity index is 0.00000128. The van der Waals surface area contributed by atoms with Crippen molar-refractivity contribution in [3.8, 4) is 0 Å². The summed E-state index contributed by atoms with van der Waals surface area (Å²) in [7, 11) is 0. The summed E-state index contributed by atoms with van der Waals surface area (Å²) in [6, 6.07) is 10.1. The van der Waals surface area contributed by atoms with Gasteiger partial charge >= 0.3 is 0 Å². The molecule has 16 heavy (non-hydrogen) atoms. The number of ketones is 1. The van der Waals surface area contributed by atoms with Crippen molar-refractivity contribution in [2.24, 2.45) is 11.1 Å². The molecular formula is C13H18ClNO. The molecule has 0 unspecified atom stereocenters. The summed E-state index contributed by atoms with van der Waals surface area (Å²) >= 11 is 0. The van der Waals surface area contributed by atoms with Crippen molar-refractivity contribution in [1.82, 2.24) is 0 Å². The molecule has 1 aromatic rings. The zero-order valence-corrected chi connectivity index (χ0v) is 10.3.